The van der Waals surface area contributed by atoms with Gasteiger partial charge in [0.15, 0.2) is 5.75 Å². The summed E-state index contributed by atoms with van der Waals surface area (Å²) in [6.45, 7) is 0.454. The van der Waals surface area contributed by atoms with Gasteiger partial charge in [-0.05, 0) is 43.7 Å². The quantitative estimate of drug-likeness (QED) is 0.643. The Morgan fingerprint density at radius 1 is 1.57 bits per heavy atom. The predicted octanol–water partition coefficient (Wildman–Crippen LogP) is 1.85. The van der Waals surface area contributed by atoms with Crippen molar-refractivity contribution < 1.29 is 14.6 Å². The van der Waals surface area contributed by atoms with Crippen molar-refractivity contribution in [3.05, 3.63) is 30.1 Å². The lowest BCUT2D eigenvalue weighted by Gasteiger charge is -2.05. The number of rotatable bonds is 8. The molecular formula is C16H20N4O3. The monoisotopic (exact) mass is 316 g/mol. The number of aromatic nitrogens is 2. The van der Waals surface area contributed by atoms with Gasteiger partial charge in [-0.3, -0.25) is 4.99 Å². The van der Waals surface area contributed by atoms with E-state index in [0.29, 0.717) is 25.1 Å². The van der Waals surface area contributed by atoms with Gasteiger partial charge < -0.3 is 20.6 Å². The van der Waals surface area contributed by atoms with Crippen LogP contribution in [0.25, 0.3) is 17.1 Å². The van der Waals surface area contributed by atoms with E-state index in [0.717, 1.165) is 16.6 Å². The van der Waals surface area contributed by atoms with Crippen LogP contribution in [0, 0.1) is 0 Å². The van der Waals surface area contributed by atoms with E-state index in [1.54, 1.807) is 25.6 Å². The first-order valence-electron chi connectivity index (χ1n) is 7.30. The molecule has 0 bridgehead atoms. The number of allylic oxidation sites excluding steroid dienone is 1. The van der Waals surface area contributed by atoms with Crippen molar-refractivity contribution in [3.8, 4) is 5.75 Å². The summed E-state index contributed by atoms with van der Waals surface area (Å²) in [7, 11) is 1.59. The van der Waals surface area contributed by atoms with Crippen LogP contribution in [-0.2, 0) is 4.79 Å². The van der Waals surface area contributed by atoms with Crippen LogP contribution in [-0.4, -0.2) is 47.0 Å². The van der Waals surface area contributed by atoms with Gasteiger partial charge in [-0.25, -0.2) is 9.78 Å². The number of ether oxygens (including phenoxy) is 1. The average molecular weight is 316 g/mol. The number of aromatic amines is 1. The normalized spacial score (nSPS) is 13.1. The molecule has 0 radical (unpaired) electrons. The molecule has 1 heterocycles. The number of nitrogens with zero attached hydrogens (tertiary/aromatic N) is 2. The summed E-state index contributed by atoms with van der Waals surface area (Å²) in [5, 5.41) is 9.08. The number of imidazole rings is 1. The highest BCUT2D eigenvalue weighted by atomic mass is 16.5. The van der Waals surface area contributed by atoms with E-state index in [4.69, 9.17) is 15.6 Å². The highest BCUT2D eigenvalue weighted by Gasteiger charge is 2.13. The van der Waals surface area contributed by atoms with E-state index < -0.39 is 12.0 Å². The third-order valence-electron chi connectivity index (χ3n) is 3.37. The number of aliphatic imine (C=N–C) groups is 1. The second kappa shape index (κ2) is 8.09. The Hall–Kier alpha value is -2.67. The topological polar surface area (TPSA) is 114 Å². The number of nitrogens with two attached hydrogens (primary N) is 1. The molecule has 0 fully saturated rings. The Kier molecular flexibility index (Phi) is 5.87. The second-order valence-corrected chi connectivity index (χ2v) is 4.93. The molecule has 0 spiro atoms. The summed E-state index contributed by atoms with van der Waals surface area (Å²) in [6.07, 6.45) is 7.65. The number of fused-ring (bicyclic) bond motifs is 1. The Bertz CT molecular complexity index is 721. The van der Waals surface area contributed by atoms with Crippen LogP contribution in [0.15, 0.2) is 29.5 Å². The number of carbonyl (C=O) groups is 1. The molecule has 7 nitrogen and oxygen atoms in total. The van der Waals surface area contributed by atoms with E-state index in [9.17, 15) is 4.79 Å². The van der Waals surface area contributed by atoms with E-state index in [1.165, 1.54) is 6.21 Å². The van der Waals surface area contributed by atoms with Gasteiger partial charge in [-0.1, -0.05) is 0 Å². The van der Waals surface area contributed by atoms with Gasteiger partial charge in [0.2, 0.25) is 0 Å². The van der Waals surface area contributed by atoms with Crippen molar-refractivity contribution in [2.45, 2.75) is 18.9 Å². The minimum atomic E-state index is -0.946. The van der Waals surface area contributed by atoms with Crippen molar-refractivity contribution in [3.63, 3.8) is 0 Å². The van der Waals surface area contributed by atoms with Crippen molar-refractivity contribution in [2.24, 2.45) is 10.7 Å². The molecule has 1 atom stereocenters. The van der Waals surface area contributed by atoms with Crippen molar-refractivity contribution in [2.75, 3.05) is 13.7 Å². The minimum absolute atomic E-state index is 0.429. The number of nitrogens with one attached hydrogen (secondary N) is 1. The van der Waals surface area contributed by atoms with E-state index >= 15 is 0 Å². The number of hydrogen-bond donors (Lipinski definition) is 3. The zero-order chi connectivity index (χ0) is 16.7. The Morgan fingerprint density at radius 2 is 2.39 bits per heavy atom. The fourth-order valence-electron chi connectivity index (χ4n) is 2.22. The van der Waals surface area contributed by atoms with Gasteiger partial charge in [0.05, 0.1) is 19.0 Å². The zero-order valence-electron chi connectivity index (χ0n) is 12.9. The molecule has 4 N–H and O–H groups in total. The molecule has 0 saturated heterocycles. The number of methoxy groups -OCH3 is 1. The van der Waals surface area contributed by atoms with Crippen molar-refractivity contribution >= 4 is 29.3 Å². The Labute approximate surface area is 133 Å². The Morgan fingerprint density at radius 3 is 3.09 bits per heavy atom. The maximum absolute atomic E-state index is 11.1. The van der Waals surface area contributed by atoms with Crippen LogP contribution < -0.4 is 10.5 Å². The number of carboxylic acid groups (broad SMARTS) is 1. The van der Waals surface area contributed by atoms with Gasteiger partial charge in [0, 0.05) is 11.8 Å². The summed E-state index contributed by atoms with van der Waals surface area (Å²) in [6, 6.07) is 3.04. The van der Waals surface area contributed by atoms with Crippen LogP contribution in [0.5, 0.6) is 5.75 Å². The Balaban J connectivity index is 2.13. The van der Waals surface area contributed by atoms with E-state index in [-0.39, 0.29) is 0 Å². The molecule has 0 saturated carbocycles. The first-order valence-corrected chi connectivity index (χ1v) is 7.30. The van der Waals surface area contributed by atoms with Crippen LogP contribution in [0.1, 0.15) is 18.4 Å². The lowest BCUT2D eigenvalue weighted by Crippen LogP contribution is -2.19. The van der Waals surface area contributed by atoms with Crippen molar-refractivity contribution in [1.29, 1.82) is 0 Å². The predicted molar refractivity (Wildman–Crippen MR) is 89.9 cm³/mol. The molecule has 1 aromatic carbocycles. The van der Waals surface area contributed by atoms with Crippen LogP contribution in [0.4, 0.5) is 0 Å². The smallest absolute Gasteiger partial charge is 0.328 e. The number of H-pyrrole nitrogens is 1. The number of benzene rings is 1. The largest absolute Gasteiger partial charge is 0.494 e. The van der Waals surface area contributed by atoms with Crippen LogP contribution >= 0.6 is 0 Å². The summed E-state index contributed by atoms with van der Waals surface area (Å²) in [5.41, 5.74) is 7.87. The third-order valence-corrected chi connectivity index (χ3v) is 3.37. The number of aliphatic carboxylic acids is 1. The second-order valence-electron chi connectivity index (χ2n) is 4.93. The number of hydrogen-bond acceptors (Lipinski definition) is 5. The van der Waals surface area contributed by atoms with Gasteiger partial charge in [-0.15, -0.1) is 0 Å². The molecule has 122 valence electrons. The van der Waals surface area contributed by atoms with E-state index in [1.807, 2.05) is 12.1 Å². The standard InChI is InChI=1S/C16H20N4O3/c1-23-15-11(6-7-12-14(15)20-10-19-12)4-3-9-18-13(16(21)22)5-2-8-17/h3-4,6-7,9-10,13H,2,5,8,17H2,1H3,(H,19,20)(H,21,22)/b4-3+,18-9?. The molecule has 2 rings (SSSR count). The van der Waals surface area contributed by atoms with Crippen LogP contribution in [0.3, 0.4) is 0 Å². The summed E-state index contributed by atoms with van der Waals surface area (Å²) in [5.74, 6) is -0.287. The molecule has 7 heteroatoms. The molecular weight excluding hydrogens is 296 g/mol. The van der Waals surface area contributed by atoms with Gasteiger partial charge >= 0.3 is 5.97 Å². The maximum atomic E-state index is 11.1. The lowest BCUT2D eigenvalue weighted by molar-refractivity contribution is -0.138. The summed E-state index contributed by atoms with van der Waals surface area (Å²) < 4.78 is 5.40. The van der Waals surface area contributed by atoms with Crippen LogP contribution in [0.2, 0.25) is 0 Å². The van der Waals surface area contributed by atoms with Gasteiger partial charge in [-0.2, -0.15) is 0 Å². The molecule has 0 aliphatic heterocycles. The zero-order valence-corrected chi connectivity index (χ0v) is 12.9. The van der Waals surface area contributed by atoms with Crippen molar-refractivity contribution in [1.82, 2.24) is 9.97 Å². The highest BCUT2D eigenvalue weighted by Crippen LogP contribution is 2.28. The molecule has 0 aliphatic carbocycles. The molecule has 1 unspecified atom stereocenters. The molecule has 23 heavy (non-hydrogen) atoms. The molecule has 0 aliphatic rings. The SMILES string of the molecule is COc1c(/C=C/C=NC(CCCN)C(=O)O)ccc2[nH]cnc12. The fourth-order valence-corrected chi connectivity index (χ4v) is 2.22. The highest BCUT2D eigenvalue weighted by molar-refractivity contribution is 5.88. The molecule has 0 amide bonds. The molecule has 2 aromatic rings. The lowest BCUT2D eigenvalue weighted by atomic mass is 10.1. The summed E-state index contributed by atoms with van der Waals surface area (Å²) in [4.78, 5) is 22.4. The van der Waals surface area contributed by atoms with Gasteiger partial charge in [0.1, 0.15) is 11.6 Å². The number of carboxylic acids is 1. The first kappa shape index (κ1) is 16.7. The fraction of sp³-hybridized carbons (Fsp3) is 0.312. The molecule has 1 aromatic heterocycles. The first-order chi connectivity index (χ1) is 11.2. The third kappa shape index (κ3) is 4.17. The van der Waals surface area contributed by atoms with Gasteiger partial charge in [0.25, 0.3) is 0 Å². The summed E-state index contributed by atoms with van der Waals surface area (Å²) >= 11 is 0. The maximum Gasteiger partial charge on any atom is 0.328 e. The van der Waals surface area contributed by atoms with E-state index in [2.05, 4.69) is 15.0 Å². The average Bonchev–Trinajstić information content (AvgIpc) is 3.02. The minimum Gasteiger partial charge on any atom is -0.494 e.